The van der Waals surface area contributed by atoms with E-state index in [1.54, 1.807) is 20.8 Å². The standard InChI is InChI=1S/C11H12FNO4/c1-11(2,3)17-10(14)7-4-5-8(12)9(6-7)13(15)16/h4-6H,1-3H3. The molecule has 1 aromatic rings. The molecule has 5 nitrogen and oxygen atoms in total. The van der Waals surface area contributed by atoms with Crippen LogP contribution in [-0.2, 0) is 4.74 Å². The number of carbonyl (C=O) groups is 1. The third-order valence-electron chi connectivity index (χ3n) is 1.78. The monoisotopic (exact) mass is 241 g/mol. The fourth-order valence-electron chi connectivity index (χ4n) is 1.12. The summed E-state index contributed by atoms with van der Waals surface area (Å²) in [5.41, 5.74) is -1.50. The van der Waals surface area contributed by atoms with Crippen LogP contribution in [0.1, 0.15) is 31.1 Å². The van der Waals surface area contributed by atoms with Crippen molar-refractivity contribution in [1.82, 2.24) is 0 Å². The number of ether oxygens (including phenoxy) is 1. The third kappa shape index (κ3) is 3.51. The minimum absolute atomic E-state index is 0.0481. The summed E-state index contributed by atoms with van der Waals surface area (Å²) in [6.07, 6.45) is 0. The van der Waals surface area contributed by atoms with Gasteiger partial charge in [0.1, 0.15) is 5.60 Å². The molecule has 0 spiro atoms. The highest BCUT2D eigenvalue weighted by atomic mass is 19.1. The summed E-state index contributed by atoms with van der Waals surface area (Å²) in [7, 11) is 0. The lowest BCUT2D eigenvalue weighted by atomic mass is 10.1. The van der Waals surface area contributed by atoms with Crippen LogP contribution in [0, 0.1) is 15.9 Å². The van der Waals surface area contributed by atoms with Crippen LogP contribution in [0.25, 0.3) is 0 Å². The van der Waals surface area contributed by atoms with Crippen LogP contribution < -0.4 is 0 Å². The lowest BCUT2D eigenvalue weighted by molar-refractivity contribution is -0.387. The largest absolute Gasteiger partial charge is 0.456 e. The van der Waals surface area contributed by atoms with E-state index in [-0.39, 0.29) is 5.56 Å². The van der Waals surface area contributed by atoms with E-state index >= 15 is 0 Å². The molecular formula is C11H12FNO4. The predicted molar refractivity (Wildman–Crippen MR) is 58.2 cm³/mol. The second-order valence-electron chi connectivity index (χ2n) is 4.43. The zero-order chi connectivity index (χ0) is 13.2. The van der Waals surface area contributed by atoms with Crippen molar-refractivity contribution in [3.05, 3.63) is 39.7 Å². The van der Waals surface area contributed by atoms with E-state index in [2.05, 4.69) is 0 Å². The van der Waals surface area contributed by atoms with Crippen LogP contribution in [0.3, 0.4) is 0 Å². The van der Waals surface area contributed by atoms with Crippen LogP contribution in [0.5, 0.6) is 0 Å². The van der Waals surface area contributed by atoms with Gasteiger partial charge in [-0.05, 0) is 32.9 Å². The number of esters is 1. The quantitative estimate of drug-likeness (QED) is 0.453. The van der Waals surface area contributed by atoms with Crippen molar-refractivity contribution in [3.8, 4) is 0 Å². The molecule has 6 heteroatoms. The Morgan fingerprint density at radius 1 is 1.41 bits per heavy atom. The van der Waals surface area contributed by atoms with Crippen LogP contribution in [0.4, 0.5) is 10.1 Å². The highest BCUT2D eigenvalue weighted by Crippen LogP contribution is 2.20. The van der Waals surface area contributed by atoms with Gasteiger partial charge in [0.05, 0.1) is 10.5 Å². The molecule has 0 fully saturated rings. The van der Waals surface area contributed by atoms with E-state index in [1.165, 1.54) is 0 Å². The molecule has 0 unspecified atom stereocenters. The molecule has 0 aliphatic rings. The van der Waals surface area contributed by atoms with Gasteiger partial charge in [-0.15, -0.1) is 0 Å². The van der Waals surface area contributed by atoms with Crippen LogP contribution >= 0.6 is 0 Å². The highest BCUT2D eigenvalue weighted by Gasteiger charge is 2.21. The van der Waals surface area contributed by atoms with Gasteiger partial charge in [0.15, 0.2) is 0 Å². The minimum atomic E-state index is -0.984. The van der Waals surface area contributed by atoms with Gasteiger partial charge in [0.25, 0.3) is 0 Å². The second kappa shape index (κ2) is 4.48. The van der Waals surface area contributed by atoms with Gasteiger partial charge in [0, 0.05) is 6.07 Å². The van der Waals surface area contributed by atoms with Crippen molar-refractivity contribution in [2.24, 2.45) is 0 Å². The molecule has 17 heavy (non-hydrogen) atoms. The molecule has 1 rings (SSSR count). The first-order valence-corrected chi connectivity index (χ1v) is 4.88. The van der Waals surface area contributed by atoms with Crippen molar-refractivity contribution in [2.45, 2.75) is 26.4 Å². The third-order valence-corrected chi connectivity index (χ3v) is 1.78. The van der Waals surface area contributed by atoms with Crippen molar-refractivity contribution in [3.63, 3.8) is 0 Å². The molecular weight excluding hydrogens is 229 g/mol. The fraction of sp³-hybridized carbons (Fsp3) is 0.364. The molecule has 1 aromatic carbocycles. The zero-order valence-electron chi connectivity index (χ0n) is 9.69. The minimum Gasteiger partial charge on any atom is -0.456 e. The molecule has 0 radical (unpaired) electrons. The number of nitrogens with zero attached hydrogens (tertiary/aromatic N) is 1. The number of nitro groups is 1. The molecule has 0 saturated carbocycles. The Morgan fingerprint density at radius 3 is 2.47 bits per heavy atom. The average Bonchev–Trinajstić information content (AvgIpc) is 2.14. The van der Waals surface area contributed by atoms with E-state index in [4.69, 9.17) is 4.74 Å². The summed E-state index contributed by atoms with van der Waals surface area (Å²) < 4.78 is 18.0. The maximum Gasteiger partial charge on any atom is 0.338 e. The van der Waals surface area contributed by atoms with E-state index in [9.17, 15) is 19.3 Å². The van der Waals surface area contributed by atoms with Gasteiger partial charge >= 0.3 is 11.7 Å². The van der Waals surface area contributed by atoms with Gasteiger partial charge in [-0.1, -0.05) is 0 Å². The van der Waals surface area contributed by atoms with Crippen LogP contribution in [0.15, 0.2) is 18.2 Å². The van der Waals surface area contributed by atoms with Gasteiger partial charge in [0.2, 0.25) is 5.82 Å². The van der Waals surface area contributed by atoms with Crippen molar-refractivity contribution >= 4 is 11.7 Å². The summed E-state index contributed by atoms with van der Waals surface area (Å²) in [5.74, 6) is -1.71. The fourth-order valence-corrected chi connectivity index (χ4v) is 1.12. The lowest BCUT2D eigenvalue weighted by Gasteiger charge is -2.19. The Kier molecular flexibility index (Phi) is 3.45. The van der Waals surface area contributed by atoms with E-state index < -0.39 is 28.0 Å². The number of hydrogen-bond acceptors (Lipinski definition) is 4. The van der Waals surface area contributed by atoms with E-state index in [1.807, 2.05) is 0 Å². The molecule has 0 saturated heterocycles. The Hall–Kier alpha value is -1.98. The Balaban J connectivity index is 3.04. The first kappa shape index (κ1) is 13.1. The molecule has 0 atom stereocenters. The number of rotatable bonds is 2. The Labute approximate surface area is 97.3 Å². The lowest BCUT2D eigenvalue weighted by Crippen LogP contribution is -2.23. The molecule has 0 N–H and O–H groups in total. The zero-order valence-corrected chi connectivity index (χ0v) is 9.69. The van der Waals surface area contributed by atoms with Crippen molar-refractivity contribution in [2.75, 3.05) is 0 Å². The van der Waals surface area contributed by atoms with Crippen LogP contribution in [-0.4, -0.2) is 16.5 Å². The molecule has 0 aromatic heterocycles. The summed E-state index contributed by atoms with van der Waals surface area (Å²) in [4.78, 5) is 21.2. The normalized spacial score (nSPS) is 11.1. The van der Waals surface area contributed by atoms with E-state index in [0.717, 1.165) is 18.2 Å². The predicted octanol–water partition coefficient (Wildman–Crippen LogP) is 2.69. The van der Waals surface area contributed by atoms with Gasteiger partial charge in [-0.3, -0.25) is 10.1 Å². The summed E-state index contributed by atoms with van der Waals surface area (Å²) in [5, 5.41) is 10.5. The number of hydrogen-bond donors (Lipinski definition) is 0. The number of benzene rings is 1. The Bertz CT molecular complexity index is 465. The molecule has 0 aliphatic carbocycles. The molecule has 0 heterocycles. The molecule has 0 bridgehead atoms. The smallest absolute Gasteiger partial charge is 0.338 e. The maximum atomic E-state index is 13.0. The summed E-state index contributed by atoms with van der Waals surface area (Å²) >= 11 is 0. The summed E-state index contributed by atoms with van der Waals surface area (Å²) in [6.45, 7) is 5.01. The first-order chi connectivity index (χ1) is 7.70. The van der Waals surface area contributed by atoms with Crippen molar-refractivity contribution < 1.29 is 18.8 Å². The number of halogens is 1. The average molecular weight is 241 g/mol. The van der Waals surface area contributed by atoms with E-state index in [0.29, 0.717) is 0 Å². The van der Waals surface area contributed by atoms with Gasteiger partial charge in [-0.2, -0.15) is 4.39 Å². The maximum absolute atomic E-state index is 13.0. The van der Waals surface area contributed by atoms with Gasteiger partial charge in [-0.25, -0.2) is 4.79 Å². The second-order valence-corrected chi connectivity index (χ2v) is 4.43. The molecule has 92 valence electrons. The van der Waals surface area contributed by atoms with Crippen molar-refractivity contribution in [1.29, 1.82) is 0 Å². The molecule has 0 aliphatic heterocycles. The first-order valence-electron chi connectivity index (χ1n) is 4.88. The Morgan fingerprint density at radius 2 is 2.00 bits per heavy atom. The SMILES string of the molecule is CC(C)(C)OC(=O)c1ccc(F)c([N+](=O)[O-])c1. The molecule has 0 amide bonds. The van der Waals surface area contributed by atoms with Gasteiger partial charge < -0.3 is 4.74 Å². The van der Waals surface area contributed by atoms with Crippen LogP contribution in [0.2, 0.25) is 0 Å². The topological polar surface area (TPSA) is 69.4 Å². The highest BCUT2D eigenvalue weighted by molar-refractivity contribution is 5.90. The summed E-state index contributed by atoms with van der Waals surface area (Å²) in [6, 6.07) is 2.89. The number of nitro benzene ring substituents is 1. The number of carbonyl (C=O) groups excluding carboxylic acids is 1.